The van der Waals surface area contributed by atoms with Gasteiger partial charge in [0.2, 0.25) is 11.8 Å². The van der Waals surface area contributed by atoms with Crippen molar-refractivity contribution >= 4 is 34.9 Å². The average Bonchev–Trinajstić information content (AvgIpc) is 3.23. The molecular weight excluding hydrogens is 504 g/mol. The Bertz CT molecular complexity index is 1380. The zero-order chi connectivity index (χ0) is 26.9. The van der Waals surface area contributed by atoms with E-state index in [-0.39, 0.29) is 41.6 Å². The number of benzene rings is 1. The number of amides is 3. The molecule has 1 aliphatic carbocycles. The molecule has 5 N–H and O–H groups in total. The lowest BCUT2D eigenvalue weighted by molar-refractivity contribution is -0.139. The normalized spacial score (nSPS) is 21.3. The first-order chi connectivity index (χ1) is 18.2. The number of fused-ring (bicyclic) bond motifs is 1. The second-order valence-electron chi connectivity index (χ2n) is 9.83. The maximum Gasteiger partial charge on any atom is 0.251 e. The second-order valence-corrected chi connectivity index (χ2v) is 10.8. The maximum atomic E-state index is 13.2. The number of ether oxygens (including phenoxy) is 1. The molecule has 5 rings (SSSR count). The van der Waals surface area contributed by atoms with Crippen LogP contribution in [0.25, 0.3) is 0 Å². The first-order valence-corrected chi connectivity index (χ1v) is 13.1. The van der Waals surface area contributed by atoms with E-state index in [2.05, 4.69) is 22.5 Å². The molecule has 3 heterocycles. The number of thiophene rings is 1. The van der Waals surface area contributed by atoms with Gasteiger partial charge in [0.15, 0.2) is 0 Å². The summed E-state index contributed by atoms with van der Waals surface area (Å²) in [5.74, 6) is 0.239. The fourth-order valence-corrected chi connectivity index (χ4v) is 5.66. The Kier molecular flexibility index (Phi) is 6.85. The quantitative estimate of drug-likeness (QED) is 0.246. The van der Waals surface area contributed by atoms with Crippen molar-refractivity contribution in [1.29, 1.82) is 5.41 Å². The highest BCUT2D eigenvalue weighted by molar-refractivity contribution is 7.10. The number of pyridine rings is 1. The number of nitrogens with two attached hydrogens (primary N) is 1. The molecule has 0 unspecified atom stereocenters. The molecule has 0 bridgehead atoms. The van der Waals surface area contributed by atoms with Crippen LogP contribution in [0.5, 0.6) is 11.5 Å². The van der Waals surface area contributed by atoms with Crippen molar-refractivity contribution in [2.75, 3.05) is 6.54 Å². The Hall–Kier alpha value is -4.25. The number of amidine groups is 1. The standard InChI is InChI=1S/C27H28N6O4S/c1-27-10-21(26(36)31-13-20-9-17(15-38-20)24(28)29)33(22(27)11-27)23(34)14-32-25(35)16-4-6-18(7-5-16)37-19-3-2-8-30-12-19/h2-9,12,15,21-22H,10-11,13-14H2,1H3,(H3,28,29)(H,31,36)(H,32,35)/t21-,22-,27+/m0/s1. The van der Waals surface area contributed by atoms with E-state index in [4.69, 9.17) is 15.9 Å². The van der Waals surface area contributed by atoms with Crippen LogP contribution in [0, 0.1) is 10.8 Å². The van der Waals surface area contributed by atoms with E-state index in [1.54, 1.807) is 65.1 Å². The van der Waals surface area contributed by atoms with E-state index in [1.807, 2.05) is 0 Å². The lowest BCUT2D eigenvalue weighted by Gasteiger charge is -2.27. The summed E-state index contributed by atoms with van der Waals surface area (Å²) in [6, 6.07) is 11.3. The van der Waals surface area contributed by atoms with Crippen LogP contribution in [0.3, 0.4) is 0 Å². The van der Waals surface area contributed by atoms with E-state index >= 15 is 0 Å². The summed E-state index contributed by atoms with van der Waals surface area (Å²) in [5.41, 5.74) is 6.45. The minimum absolute atomic E-state index is 0.00221. The van der Waals surface area contributed by atoms with Crippen molar-refractivity contribution in [2.45, 2.75) is 38.4 Å². The Morgan fingerprint density at radius 3 is 2.63 bits per heavy atom. The molecule has 1 saturated carbocycles. The Labute approximate surface area is 223 Å². The van der Waals surface area contributed by atoms with E-state index in [0.29, 0.717) is 35.6 Å². The van der Waals surface area contributed by atoms with Crippen molar-refractivity contribution in [2.24, 2.45) is 11.1 Å². The number of nitrogens with one attached hydrogen (secondary N) is 3. The van der Waals surface area contributed by atoms with E-state index < -0.39 is 6.04 Å². The molecule has 11 heteroatoms. The number of aromatic nitrogens is 1. The molecule has 3 aromatic rings. The predicted octanol–water partition coefficient (Wildman–Crippen LogP) is 2.65. The van der Waals surface area contributed by atoms with E-state index in [0.717, 1.165) is 11.3 Å². The second kappa shape index (κ2) is 10.3. The number of nitrogen functional groups attached to an aromatic ring is 1. The van der Waals surface area contributed by atoms with Gasteiger partial charge in [-0.25, -0.2) is 0 Å². The summed E-state index contributed by atoms with van der Waals surface area (Å²) < 4.78 is 5.69. The number of hydrogen-bond donors (Lipinski definition) is 4. The monoisotopic (exact) mass is 532 g/mol. The molecule has 10 nitrogen and oxygen atoms in total. The van der Waals surface area contributed by atoms with Gasteiger partial charge in [-0.1, -0.05) is 6.92 Å². The molecule has 1 saturated heterocycles. The van der Waals surface area contributed by atoms with Gasteiger partial charge >= 0.3 is 0 Å². The van der Waals surface area contributed by atoms with Crippen LogP contribution in [-0.4, -0.2) is 52.1 Å². The van der Waals surface area contributed by atoms with Gasteiger partial charge in [-0.15, -0.1) is 11.3 Å². The summed E-state index contributed by atoms with van der Waals surface area (Å²) in [6.07, 6.45) is 4.68. The topological polar surface area (TPSA) is 150 Å². The van der Waals surface area contributed by atoms with Crippen LogP contribution in [0.4, 0.5) is 0 Å². The highest BCUT2D eigenvalue weighted by atomic mass is 32.1. The first-order valence-electron chi connectivity index (χ1n) is 12.2. The number of nitrogens with zero attached hydrogens (tertiary/aromatic N) is 2. The van der Waals surface area contributed by atoms with Crippen molar-refractivity contribution in [3.05, 3.63) is 76.2 Å². The van der Waals surface area contributed by atoms with Crippen LogP contribution in [0.1, 0.15) is 40.6 Å². The zero-order valence-electron chi connectivity index (χ0n) is 20.8. The highest BCUT2D eigenvalue weighted by Gasteiger charge is 2.64. The number of likely N-dealkylation sites (tertiary alicyclic amines) is 1. The fraction of sp³-hybridized carbons (Fsp3) is 0.296. The molecule has 2 aromatic heterocycles. The SMILES string of the molecule is C[C@@]12C[C@@H]1N(C(=O)CNC(=O)c1ccc(Oc3cccnc3)cc1)[C@H](C(=O)NCc1cc(C(=N)N)cs1)C2. The summed E-state index contributed by atoms with van der Waals surface area (Å²) in [7, 11) is 0. The Morgan fingerprint density at radius 1 is 1.16 bits per heavy atom. The molecule has 1 aliphatic heterocycles. The molecule has 3 atom stereocenters. The van der Waals surface area contributed by atoms with Gasteiger partial charge in [0, 0.05) is 33.6 Å². The first kappa shape index (κ1) is 25.4. The summed E-state index contributed by atoms with van der Waals surface area (Å²) >= 11 is 1.41. The van der Waals surface area contributed by atoms with Crippen molar-refractivity contribution in [1.82, 2.24) is 20.5 Å². The van der Waals surface area contributed by atoms with Crippen LogP contribution < -0.4 is 21.1 Å². The minimum atomic E-state index is -0.584. The number of carbonyl (C=O) groups excluding carboxylic acids is 3. The van der Waals surface area contributed by atoms with Crippen LogP contribution in [-0.2, 0) is 16.1 Å². The van der Waals surface area contributed by atoms with Crippen molar-refractivity contribution in [3.63, 3.8) is 0 Å². The molecule has 38 heavy (non-hydrogen) atoms. The summed E-state index contributed by atoms with van der Waals surface area (Å²) in [5, 5.41) is 14.9. The van der Waals surface area contributed by atoms with Crippen molar-refractivity contribution in [3.8, 4) is 11.5 Å². The van der Waals surface area contributed by atoms with Gasteiger partial charge in [-0.2, -0.15) is 0 Å². The molecule has 3 amide bonds. The van der Waals surface area contributed by atoms with Gasteiger partial charge in [0.25, 0.3) is 5.91 Å². The van der Waals surface area contributed by atoms with Crippen LogP contribution >= 0.6 is 11.3 Å². The number of piperidine rings is 1. The molecule has 1 aromatic carbocycles. The van der Waals surface area contributed by atoms with Crippen molar-refractivity contribution < 1.29 is 19.1 Å². The van der Waals surface area contributed by atoms with E-state index in [1.165, 1.54) is 11.3 Å². The Balaban J connectivity index is 1.16. The van der Waals surface area contributed by atoms with E-state index in [9.17, 15) is 14.4 Å². The number of rotatable bonds is 9. The summed E-state index contributed by atoms with van der Waals surface area (Å²) in [6.45, 7) is 2.18. The predicted molar refractivity (Wildman–Crippen MR) is 142 cm³/mol. The third kappa shape index (κ3) is 5.37. The molecule has 2 fully saturated rings. The number of carbonyl (C=O) groups is 3. The Morgan fingerprint density at radius 2 is 1.95 bits per heavy atom. The lowest BCUT2D eigenvalue weighted by Crippen LogP contribution is -2.50. The lowest BCUT2D eigenvalue weighted by atomic mass is 10.0. The van der Waals surface area contributed by atoms with Crippen LogP contribution in [0.2, 0.25) is 0 Å². The summed E-state index contributed by atoms with van der Waals surface area (Å²) in [4.78, 5) is 45.4. The maximum absolute atomic E-state index is 13.2. The highest BCUT2D eigenvalue weighted by Crippen LogP contribution is 2.59. The third-order valence-electron chi connectivity index (χ3n) is 7.01. The minimum Gasteiger partial charge on any atom is -0.456 e. The molecule has 2 aliphatic rings. The smallest absolute Gasteiger partial charge is 0.251 e. The van der Waals surface area contributed by atoms with Gasteiger partial charge in [0.05, 0.1) is 19.3 Å². The zero-order valence-corrected chi connectivity index (χ0v) is 21.6. The van der Waals surface area contributed by atoms with Crippen LogP contribution in [0.15, 0.2) is 60.2 Å². The third-order valence-corrected chi connectivity index (χ3v) is 7.95. The molecule has 0 radical (unpaired) electrons. The van der Waals surface area contributed by atoms with Gasteiger partial charge in [-0.05, 0) is 60.7 Å². The fourth-order valence-electron chi connectivity index (χ4n) is 4.83. The van der Waals surface area contributed by atoms with Gasteiger partial charge < -0.3 is 26.0 Å². The van der Waals surface area contributed by atoms with Gasteiger partial charge in [0.1, 0.15) is 23.4 Å². The number of hydrogen-bond acceptors (Lipinski definition) is 7. The molecule has 0 spiro atoms. The largest absolute Gasteiger partial charge is 0.456 e. The molecular formula is C27H28N6O4S. The average molecular weight is 533 g/mol. The molecule has 196 valence electrons. The van der Waals surface area contributed by atoms with Gasteiger partial charge in [-0.3, -0.25) is 24.8 Å².